The summed E-state index contributed by atoms with van der Waals surface area (Å²) in [6, 6.07) is -0.552. The summed E-state index contributed by atoms with van der Waals surface area (Å²) in [5.41, 5.74) is 0. The average Bonchev–Trinajstić information content (AvgIpc) is 3.24. The number of unbranched alkanes of at least 4 members (excludes halogenated alkanes) is 30. The molecule has 0 spiro atoms. The van der Waals surface area contributed by atoms with Crippen LogP contribution in [0.4, 0.5) is 0 Å². The minimum Gasteiger partial charge on any atom is -0.466 e. The first-order chi connectivity index (χ1) is 29.0. The summed E-state index contributed by atoms with van der Waals surface area (Å²) in [7, 11) is 0. The molecule has 1 amide bonds. The van der Waals surface area contributed by atoms with E-state index in [1.165, 1.54) is 161 Å². The van der Waals surface area contributed by atoms with E-state index < -0.39 is 12.1 Å². The van der Waals surface area contributed by atoms with Crippen LogP contribution in [-0.2, 0) is 14.3 Å². The number of nitrogens with one attached hydrogen (secondary N) is 1. The molecule has 0 saturated heterocycles. The first-order valence-corrected chi connectivity index (χ1v) is 25.7. The SMILES string of the molecule is CCCCCC/C=C\C/C=C\CCCCCCCC(=O)OCCCCCCCCC/C=C\CCCCCCCC(=O)NC(CO)C(O)CCCCCCCCCCCC. The summed E-state index contributed by atoms with van der Waals surface area (Å²) in [5.74, 6) is -0.0723. The molecule has 6 nitrogen and oxygen atoms in total. The molecular weight excluding hydrogens is 731 g/mol. The molecule has 0 aliphatic carbocycles. The molecule has 0 aromatic rings. The number of ether oxygens (including phenoxy) is 1. The van der Waals surface area contributed by atoms with Crippen LogP contribution in [0.2, 0.25) is 0 Å². The van der Waals surface area contributed by atoms with Gasteiger partial charge in [0.25, 0.3) is 0 Å². The normalized spacial score (nSPS) is 12.9. The lowest BCUT2D eigenvalue weighted by Gasteiger charge is -2.22. The van der Waals surface area contributed by atoms with Gasteiger partial charge in [-0.2, -0.15) is 0 Å². The molecule has 2 unspecified atom stereocenters. The van der Waals surface area contributed by atoms with Crippen molar-refractivity contribution in [3.63, 3.8) is 0 Å². The maximum absolute atomic E-state index is 12.4. The Labute approximate surface area is 366 Å². The quantitative estimate of drug-likeness (QED) is 0.0323. The molecule has 0 aliphatic rings. The number of hydrogen-bond donors (Lipinski definition) is 3. The number of carbonyl (C=O) groups excluding carboxylic acids is 2. The first kappa shape index (κ1) is 57.1. The van der Waals surface area contributed by atoms with Gasteiger partial charge in [0.05, 0.1) is 25.4 Å². The maximum Gasteiger partial charge on any atom is 0.305 e. The third kappa shape index (κ3) is 45.4. The van der Waals surface area contributed by atoms with Crippen LogP contribution in [-0.4, -0.2) is 47.4 Å². The van der Waals surface area contributed by atoms with Crippen LogP contribution in [0, 0.1) is 0 Å². The van der Waals surface area contributed by atoms with E-state index in [-0.39, 0.29) is 18.5 Å². The van der Waals surface area contributed by atoms with Crippen molar-refractivity contribution >= 4 is 11.9 Å². The van der Waals surface area contributed by atoms with Gasteiger partial charge in [-0.15, -0.1) is 0 Å². The molecule has 0 rings (SSSR count). The van der Waals surface area contributed by atoms with Gasteiger partial charge in [0.15, 0.2) is 0 Å². The third-order valence-corrected chi connectivity index (χ3v) is 11.7. The lowest BCUT2D eigenvalue weighted by Crippen LogP contribution is -2.45. The number of esters is 1. The molecule has 0 radical (unpaired) electrons. The van der Waals surface area contributed by atoms with Gasteiger partial charge in [0, 0.05) is 12.8 Å². The van der Waals surface area contributed by atoms with Crippen molar-refractivity contribution in [1.82, 2.24) is 5.32 Å². The number of aliphatic hydroxyl groups excluding tert-OH is 2. The lowest BCUT2D eigenvalue weighted by atomic mass is 10.0. The number of rotatable bonds is 47. The van der Waals surface area contributed by atoms with E-state index >= 15 is 0 Å². The zero-order chi connectivity index (χ0) is 43.0. The Kier molecular flexibility index (Phi) is 47.2. The third-order valence-electron chi connectivity index (χ3n) is 11.7. The number of allylic oxidation sites excluding steroid dienone is 6. The van der Waals surface area contributed by atoms with Gasteiger partial charge in [0.1, 0.15) is 0 Å². The minimum atomic E-state index is -0.673. The first-order valence-electron chi connectivity index (χ1n) is 25.7. The van der Waals surface area contributed by atoms with Crippen molar-refractivity contribution < 1.29 is 24.5 Å². The predicted molar refractivity (Wildman–Crippen MR) is 255 cm³/mol. The Balaban J connectivity index is 3.46. The van der Waals surface area contributed by atoms with Crippen LogP contribution < -0.4 is 5.32 Å². The molecular formula is C53H99NO5. The monoisotopic (exact) mass is 830 g/mol. The fraction of sp³-hybridized carbons (Fsp3) is 0.849. The van der Waals surface area contributed by atoms with Crippen molar-refractivity contribution in [3.05, 3.63) is 36.5 Å². The highest BCUT2D eigenvalue weighted by molar-refractivity contribution is 5.76. The smallest absolute Gasteiger partial charge is 0.305 e. The molecule has 2 atom stereocenters. The van der Waals surface area contributed by atoms with Crippen molar-refractivity contribution in [1.29, 1.82) is 0 Å². The van der Waals surface area contributed by atoms with Crippen molar-refractivity contribution in [2.24, 2.45) is 0 Å². The molecule has 59 heavy (non-hydrogen) atoms. The molecule has 0 aliphatic heterocycles. The highest BCUT2D eigenvalue weighted by atomic mass is 16.5. The van der Waals surface area contributed by atoms with Crippen LogP contribution in [0.3, 0.4) is 0 Å². The maximum atomic E-state index is 12.4. The Hall–Kier alpha value is -1.92. The zero-order valence-corrected chi connectivity index (χ0v) is 39.2. The molecule has 0 fully saturated rings. The van der Waals surface area contributed by atoms with E-state index in [1.54, 1.807) is 0 Å². The van der Waals surface area contributed by atoms with E-state index in [9.17, 15) is 19.8 Å². The summed E-state index contributed by atoms with van der Waals surface area (Å²) in [4.78, 5) is 24.4. The van der Waals surface area contributed by atoms with Crippen molar-refractivity contribution in [2.75, 3.05) is 13.2 Å². The summed E-state index contributed by atoms with van der Waals surface area (Å²) in [6.45, 7) is 4.88. The molecule has 0 aromatic carbocycles. The van der Waals surface area contributed by atoms with E-state index in [4.69, 9.17) is 4.74 Å². The van der Waals surface area contributed by atoms with Gasteiger partial charge in [-0.3, -0.25) is 9.59 Å². The second-order valence-corrected chi connectivity index (χ2v) is 17.5. The molecule has 0 aromatic heterocycles. The summed E-state index contributed by atoms with van der Waals surface area (Å²) in [5, 5.41) is 23.1. The predicted octanol–water partition coefficient (Wildman–Crippen LogP) is 15.3. The highest BCUT2D eigenvalue weighted by Gasteiger charge is 2.20. The Morgan fingerprint density at radius 1 is 0.475 bits per heavy atom. The topological polar surface area (TPSA) is 95.9 Å². The van der Waals surface area contributed by atoms with E-state index in [0.717, 1.165) is 70.6 Å². The molecule has 3 N–H and O–H groups in total. The lowest BCUT2D eigenvalue weighted by molar-refractivity contribution is -0.143. The number of amides is 1. The minimum absolute atomic E-state index is 0.0170. The fourth-order valence-electron chi connectivity index (χ4n) is 7.66. The Morgan fingerprint density at radius 2 is 0.847 bits per heavy atom. The zero-order valence-electron chi connectivity index (χ0n) is 39.2. The second kappa shape index (κ2) is 48.7. The van der Waals surface area contributed by atoms with Crippen molar-refractivity contribution in [2.45, 2.75) is 276 Å². The van der Waals surface area contributed by atoms with Gasteiger partial charge < -0.3 is 20.3 Å². The van der Waals surface area contributed by atoms with E-state index in [1.807, 2.05) is 0 Å². The van der Waals surface area contributed by atoms with E-state index in [0.29, 0.717) is 25.9 Å². The Bertz CT molecular complexity index is 962. The standard InChI is InChI=1S/C53H99NO5/c1-3-5-7-9-11-13-15-16-17-21-24-27-31-35-39-43-47-53(58)59-48-44-40-36-32-28-25-22-19-18-20-23-26-30-34-38-42-46-52(57)54-50(49-55)51(56)45-41-37-33-29-14-12-10-8-6-4-2/h13,15,17-18,20-21,50-51,55-56H,3-12,14,16,19,22-49H2,1-2H3,(H,54,57)/b15-13-,20-18-,21-17-. The van der Waals surface area contributed by atoms with Crippen LogP contribution >= 0.6 is 0 Å². The van der Waals surface area contributed by atoms with Crippen LogP contribution in [0.25, 0.3) is 0 Å². The van der Waals surface area contributed by atoms with Gasteiger partial charge in [-0.05, 0) is 83.5 Å². The summed E-state index contributed by atoms with van der Waals surface area (Å²) in [6.07, 6.45) is 58.3. The molecule has 0 heterocycles. The molecule has 6 heteroatoms. The number of hydrogen-bond acceptors (Lipinski definition) is 5. The van der Waals surface area contributed by atoms with Gasteiger partial charge in [-0.1, -0.05) is 204 Å². The van der Waals surface area contributed by atoms with Gasteiger partial charge in [-0.25, -0.2) is 0 Å². The molecule has 0 saturated carbocycles. The number of carbonyl (C=O) groups is 2. The fourth-order valence-corrected chi connectivity index (χ4v) is 7.66. The summed E-state index contributed by atoms with van der Waals surface area (Å²) >= 11 is 0. The van der Waals surface area contributed by atoms with E-state index in [2.05, 4.69) is 55.6 Å². The molecule has 346 valence electrons. The van der Waals surface area contributed by atoms with Crippen LogP contribution in [0.1, 0.15) is 264 Å². The van der Waals surface area contributed by atoms with Gasteiger partial charge in [0.2, 0.25) is 5.91 Å². The average molecular weight is 830 g/mol. The second-order valence-electron chi connectivity index (χ2n) is 17.5. The van der Waals surface area contributed by atoms with Crippen molar-refractivity contribution in [3.8, 4) is 0 Å². The van der Waals surface area contributed by atoms with Crippen LogP contribution in [0.5, 0.6) is 0 Å². The highest BCUT2D eigenvalue weighted by Crippen LogP contribution is 2.15. The van der Waals surface area contributed by atoms with Crippen LogP contribution in [0.15, 0.2) is 36.5 Å². The number of aliphatic hydroxyl groups is 2. The summed E-state index contributed by atoms with van der Waals surface area (Å²) < 4.78 is 5.46. The largest absolute Gasteiger partial charge is 0.466 e. The molecule has 0 bridgehead atoms. The Morgan fingerprint density at radius 3 is 1.32 bits per heavy atom. The van der Waals surface area contributed by atoms with Gasteiger partial charge >= 0.3 is 5.97 Å².